The summed E-state index contributed by atoms with van der Waals surface area (Å²) >= 11 is 0. The Morgan fingerprint density at radius 3 is 1.24 bits per heavy atom. The molecule has 0 aliphatic heterocycles. The fourth-order valence-corrected chi connectivity index (χ4v) is 8.48. The first-order valence-electron chi connectivity index (χ1n) is 27.7. The fraction of sp³-hybridized carbons (Fsp3) is 0.860. The van der Waals surface area contributed by atoms with Crippen molar-refractivity contribution in [3.05, 3.63) is 36.5 Å². The standard InChI is InChI=1S/C57H107NO5/c1-4-7-10-13-16-19-22-24-26-28-29-31-33-35-38-41-44-47-50-57(62)63-53(48-45-42-39-36-34-32-30-27-25-23-20-17-14-11-8-5-2)51-56(61)58-54(52-59)55(60)49-46-43-40-37-21-18-15-12-9-6-3/h27,29-32,34,53-55,59-60H,4-26,28,33,35-52H2,1-3H3,(H,58,61)/b30-27+,31-29+,34-32+. The van der Waals surface area contributed by atoms with Gasteiger partial charge in [0, 0.05) is 6.42 Å². The molecule has 3 unspecified atom stereocenters. The third-order valence-electron chi connectivity index (χ3n) is 12.7. The van der Waals surface area contributed by atoms with Crippen molar-refractivity contribution in [2.75, 3.05) is 6.61 Å². The Labute approximate surface area is 392 Å². The predicted molar refractivity (Wildman–Crippen MR) is 273 cm³/mol. The van der Waals surface area contributed by atoms with E-state index in [0.29, 0.717) is 19.3 Å². The summed E-state index contributed by atoms with van der Waals surface area (Å²) in [5, 5.41) is 23.7. The molecule has 1 amide bonds. The summed E-state index contributed by atoms with van der Waals surface area (Å²) in [5.74, 6) is -0.499. The normalized spacial score (nSPS) is 13.4. The van der Waals surface area contributed by atoms with Crippen molar-refractivity contribution in [1.82, 2.24) is 5.32 Å². The van der Waals surface area contributed by atoms with E-state index in [2.05, 4.69) is 62.5 Å². The van der Waals surface area contributed by atoms with Crippen molar-refractivity contribution >= 4 is 11.9 Å². The maximum atomic E-state index is 13.2. The topological polar surface area (TPSA) is 95.9 Å². The molecule has 3 N–H and O–H groups in total. The number of aliphatic hydroxyl groups excluding tert-OH is 2. The highest BCUT2D eigenvalue weighted by molar-refractivity contribution is 5.77. The average Bonchev–Trinajstić information content (AvgIpc) is 3.28. The molecule has 370 valence electrons. The number of allylic oxidation sites excluding steroid dienone is 6. The van der Waals surface area contributed by atoms with Crippen LogP contribution in [-0.2, 0) is 14.3 Å². The molecule has 0 fully saturated rings. The minimum atomic E-state index is -0.794. The second-order valence-corrected chi connectivity index (χ2v) is 19.0. The van der Waals surface area contributed by atoms with Crippen molar-refractivity contribution in [3.63, 3.8) is 0 Å². The highest BCUT2D eigenvalue weighted by atomic mass is 16.5. The van der Waals surface area contributed by atoms with Crippen LogP contribution in [0.3, 0.4) is 0 Å². The van der Waals surface area contributed by atoms with Gasteiger partial charge in [-0.2, -0.15) is 0 Å². The van der Waals surface area contributed by atoms with Crippen LogP contribution in [0.15, 0.2) is 36.5 Å². The van der Waals surface area contributed by atoms with E-state index in [1.54, 1.807) is 0 Å². The van der Waals surface area contributed by atoms with Gasteiger partial charge in [-0.25, -0.2) is 0 Å². The van der Waals surface area contributed by atoms with Crippen LogP contribution >= 0.6 is 0 Å². The molecule has 0 heterocycles. The van der Waals surface area contributed by atoms with Crippen LogP contribution in [0.2, 0.25) is 0 Å². The van der Waals surface area contributed by atoms with Crippen molar-refractivity contribution in [2.24, 2.45) is 0 Å². The van der Waals surface area contributed by atoms with Gasteiger partial charge in [-0.1, -0.05) is 237 Å². The molecular formula is C57H107NO5. The van der Waals surface area contributed by atoms with E-state index in [9.17, 15) is 19.8 Å². The Hall–Kier alpha value is -1.92. The van der Waals surface area contributed by atoms with E-state index < -0.39 is 18.2 Å². The highest BCUT2D eigenvalue weighted by Crippen LogP contribution is 2.18. The minimum Gasteiger partial charge on any atom is -0.462 e. The van der Waals surface area contributed by atoms with Gasteiger partial charge in [0.25, 0.3) is 0 Å². The number of carbonyl (C=O) groups excluding carboxylic acids is 2. The quantitative estimate of drug-likeness (QED) is 0.0245. The molecule has 0 spiro atoms. The SMILES string of the molecule is CCCCCCCCC/C=C/C=C/CCCCCC(CC(=O)NC(CO)C(O)CCCCCCCCCCCC)OC(=O)CCCCCCC/C=C/CCCCCCCCCCC. The van der Waals surface area contributed by atoms with Gasteiger partial charge in [-0.15, -0.1) is 0 Å². The van der Waals surface area contributed by atoms with E-state index in [-0.39, 0.29) is 24.9 Å². The molecule has 0 aliphatic carbocycles. The summed E-state index contributed by atoms with van der Waals surface area (Å²) in [6.45, 7) is 6.48. The van der Waals surface area contributed by atoms with Crippen LogP contribution < -0.4 is 5.32 Å². The fourth-order valence-electron chi connectivity index (χ4n) is 8.48. The molecule has 0 rings (SSSR count). The number of unbranched alkanes of at least 4 members (excludes halogenated alkanes) is 33. The Kier molecular flexibility index (Phi) is 49.5. The summed E-state index contributed by atoms with van der Waals surface area (Å²) in [6.07, 6.45) is 60.7. The van der Waals surface area contributed by atoms with Crippen molar-refractivity contribution in [2.45, 2.75) is 309 Å². The molecule has 6 nitrogen and oxygen atoms in total. The molecule has 3 atom stereocenters. The Morgan fingerprint density at radius 2 is 0.810 bits per heavy atom. The highest BCUT2D eigenvalue weighted by Gasteiger charge is 2.24. The maximum absolute atomic E-state index is 13.2. The Bertz CT molecular complexity index is 1040. The summed E-state index contributed by atoms with van der Waals surface area (Å²) in [5.41, 5.74) is 0. The first kappa shape index (κ1) is 61.1. The minimum absolute atomic E-state index is 0.0588. The van der Waals surface area contributed by atoms with E-state index >= 15 is 0 Å². The van der Waals surface area contributed by atoms with Gasteiger partial charge < -0.3 is 20.3 Å². The van der Waals surface area contributed by atoms with Gasteiger partial charge in [0.2, 0.25) is 5.91 Å². The number of amides is 1. The molecule has 0 saturated carbocycles. The molecule has 6 heteroatoms. The van der Waals surface area contributed by atoms with E-state index in [1.807, 2.05) is 0 Å². The summed E-state index contributed by atoms with van der Waals surface area (Å²) in [6, 6.07) is -0.709. The molecule has 0 aromatic rings. The lowest BCUT2D eigenvalue weighted by atomic mass is 10.0. The van der Waals surface area contributed by atoms with Crippen LogP contribution in [0.1, 0.15) is 290 Å². The lowest BCUT2D eigenvalue weighted by molar-refractivity contribution is -0.151. The van der Waals surface area contributed by atoms with Gasteiger partial charge in [-0.05, 0) is 77.0 Å². The third-order valence-corrected chi connectivity index (χ3v) is 12.7. The zero-order valence-corrected chi connectivity index (χ0v) is 42.2. The molecule has 0 aliphatic rings. The Balaban J connectivity index is 4.59. The number of nitrogens with one attached hydrogen (secondary N) is 1. The van der Waals surface area contributed by atoms with Gasteiger partial charge in [-0.3, -0.25) is 9.59 Å². The van der Waals surface area contributed by atoms with Crippen molar-refractivity contribution in [1.29, 1.82) is 0 Å². The number of rotatable bonds is 50. The number of hydrogen-bond donors (Lipinski definition) is 3. The molecule has 0 aromatic carbocycles. The number of aliphatic hydroxyl groups is 2. The van der Waals surface area contributed by atoms with Gasteiger partial charge >= 0.3 is 5.97 Å². The number of esters is 1. The summed E-state index contributed by atoms with van der Waals surface area (Å²) in [7, 11) is 0. The van der Waals surface area contributed by atoms with Crippen molar-refractivity contribution < 1.29 is 24.5 Å². The maximum Gasteiger partial charge on any atom is 0.306 e. The van der Waals surface area contributed by atoms with Gasteiger partial charge in [0.1, 0.15) is 6.10 Å². The average molecular weight is 886 g/mol. The van der Waals surface area contributed by atoms with Crippen LogP contribution in [0, 0.1) is 0 Å². The summed E-state index contributed by atoms with van der Waals surface area (Å²) < 4.78 is 5.94. The van der Waals surface area contributed by atoms with E-state index in [4.69, 9.17) is 4.74 Å². The van der Waals surface area contributed by atoms with E-state index in [0.717, 1.165) is 77.0 Å². The molecule has 0 saturated heterocycles. The van der Waals surface area contributed by atoms with Crippen LogP contribution in [0.4, 0.5) is 0 Å². The number of hydrogen-bond acceptors (Lipinski definition) is 5. The second-order valence-electron chi connectivity index (χ2n) is 19.0. The molecule has 63 heavy (non-hydrogen) atoms. The molecule has 0 aromatic heterocycles. The zero-order chi connectivity index (χ0) is 45.9. The van der Waals surface area contributed by atoms with Crippen LogP contribution in [-0.4, -0.2) is 46.9 Å². The lowest BCUT2D eigenvalue weighted by Gasteiger charge is -2.24. The first-order valence-corrected chi connectivity index (χ1v) is 27.7. The number of carbonyl (C=O) groups is 2. The van der Waals surface area contributed by atoms with Crippen molar-refractivity contribution in [3.8, 4) is 0 Å². The molecular weight excluding hydrogens is 779 g/mol. The first-order chi connectivity index (χ1) is 31.0. The zero-order valence-electron chi connectivity index (χ0n) is 42.2. The smallest absolute Gasteiger partial charge is 0.306 e. The predicted octanol–water partition coefficient (Wildman–Crippen LogP) is 16.8. The lowest BCUT2D eigenvalue weighted by Crippen LogP contribution is -2.46. The van der Waals surface area contributed by atoms with Gasteiger partial charge in [0.05, 0.1) is 25.2 Å². The Morgan fingerprint density at radius 1 is 0.460 bits per heavy atom. The molecule has 0 bridgehead atoms. The monoisotopic (exact) mass is 886 g/mol. The summed E-state index contributed by atoms with van der Waals surface area (Å²) in [4.78, 5) is 26.2. The van der Waals surface area contributed by atoms with Crippen LogP contribution in [0.5, 0.6) is 0 Å². The third kappa shape index (κ3) is 46.4. The van der Waals surface area contributed by atoms with Crippen LogP contribution in [0.25, 0.3) is 0 Å². The van der Waals surface area contributed by atoms with Gasteiger partial charge in [0.15, 0.2) is 0 Å². The van der Waals surface area contributed by atoms with E-state index in [1.165, 1.54) is 167 Å². The molecule has 0 radical (unpaired) electrons. The largest absolute Gasteiger partial charge is 0.462 e. The number of ether oxygens (including phenoxy) is 1. The second kappa shape index (κ2) is 51.1.